The summed E-state index contributed by atoms with van der Waals surface area (Å²) in [5.74, 6) is 0.142. The van der Waals surface area contributed by atoms with Crippen LogP contribution in [0.4, 0.5) is 10.9 Å². The molecular formula is C19H18BrN3O3S. The molecule has 140 valence electrons. The number of nitrogens with one attached hydrogen (secondary N) is 1. The molecule has 0 amide bonds. The summed E-state index contributed by atoms with van der Waals surface area (Å²) in [5.41, 5.74) is 0.535. The van der Waals surface area contributed by atoms with E-state index < -0.39 is 11.9 Å². The van der Waals surface area contributed by atoms with Crippen LogP contribution in [0.5, 0.6) is 11.5 Å². The summed E-state index contributed by atoms with van der Waals surface area (Å²) >= 11 is 4.74. The predicted molar refractivity (Wildman–Crippen MR) is 109 cm³/mol. The minimum atomic E-state index is -0.878. The topological polar surface area (TPSA) is 84.3 Å². The van der Waals surface area contributed by atoms with Crippen LogP contribution >= 0.6 is 27.3 Å². The van der Waals surface area contributed by atoms with Crippen LogP contribution in [0.3, 0.4) is 0 Å². The van der Waals surface area contributed by atoms with Crippen molar-refractivity contribution >= 4 is 44.2 Å². The minimum absolute atomic E-state index is 0.0553. The lowest BCUT2D eigenvalue weighted by Crippen LogP contribution is -2.17. The molecule has 3 rings (SSSR count). The first kappa shape index (κ1) is 19.3. The highest BCUT2D eigenvalue weighted by molar-refractivity contribution is 9.10. The summed E-state index contributed by atoms with van der Waals surface area (Å²) in [7, 11) is 0. The molecule has 0 saturated heterocycles. The molecule has 1 atom stereocenters. The number of aromatic nitrogens is 2. The normalized spacial score (nSPS) is 12.0. The summed E-state index contributed by atoms with van der Waals surface area (Å²) in [5, 5.41) is 14.9. The molecule has 3 aromatic rings. The number of carboxylic acid groups (broad SMARTS) is 1. The minimum Gasteiger partial charge on any atom is -0.481 e. The third-order valence-electron chi connectivity index (χ3n) is 3.79. The van der Waals surface area contributed by atoms with E-state index in [1.165, 1.54) is 11.3 Å². The second-order valence-electron chi connectivity index (χ2n) is 6.18. The van der Waals surface area contributed by atoms with Gasteiger partial charge in [0.15, 0.2) is 16.7 Å². The van der Waals surface area contributed by atoms with E-state index in [0.29, 0.717) is 28.1 Å². The molecule has 27 heavy (non-hydrogen) atoms. The van der Waals surface area contributed by atoms with Gasteiger partial charge in [-0.2, -0.15) is 0 Å². The molecule has 1 unspecified atom stereocenters. The number of carbonyl (C=O) groups is 1. The fourth-order valence-electron chi connectivity index (χ4n) is 2.55. The van der Waals surface area contributed by atoms with Gasteiger partial charge in [0.25, 0.3) is 0 Å². The first-order chi connectivity index (χ1) is 12.9. The van der Waals surface area contributed by atoms with E-state index in [4.69, 9.17) is 4.74 Å². The highest BCUT2D eigenvalue weighted by Crippen LogP contribution is 2.34. The molecule has 2 N–H and O–H groups in total. The third-order valence-corrected chi connectivity index (χ3v) is 5.00. The lowest BCUT2D eigenvalue weighted by molar-refractivity contribution is -0.139. The van der Waals surface area contributed by atoms with Crippen molar-refractivity contribution in [3.05, 3.63) is 58.1 Å². The number of ether oxygens (including phenoxy) is 1. The van der Waals surface area contributed by atoms with Gasteiger partial charge in [0.1, 0.15) is 11.7 Å². The number of nitrogens with zero attached hydrogens (tertiary/aromatic N) is 2. The van der Waals surface area contributed by atoms with Crippen LogP contribution in [0.2, 0.25) is 0 Å². The van der Waals surface area contributed by atoms with Gasteiger partial charge < -0.3 is 15.2 Å². The van der Waals surface area contributed by atoms with Crippen molar-refractivity contribution in [1.29, 1.82) is 0 Å². The Labute approximate surface area is 169 Å². The number of thiazole rings is 1. The Morgan fingerprint density at radius 1 is 1.30 bits per heavy atom. The molecule has 0 aliphatic heterocycles. The average Bonchev–Trinajstić information content (AvgIpc) is 3.05. The van der Waals surface area contributed by atoms with E-state index in [1.807, 2.05) is 50.2 Å². The van der Waals surface area contributed by atoms with Crippen LogP contribution in [-0.4, -0.2) is 21.0 Å². The van der Waals surface area contributed by atoms with E-state index in [-0.39, 0.29) is 5.92 Å². The monoisotopic (exact) mass is 447 g/mol. The van der Waals surface area contributed by atoms with Crippen LogP contribution in [0.1, 0.15) is 25.5 Å². The molecule has 0 bridgehead atoms. The van der Waals surface area contributed by atoms with Crippen LogP contribution in [0.25, 0.3) is 0 Å². The quantitative estimate of drug-likeness (QED) is 0.485. The third kappa shape index (κ3) is 4.84. The SMILES string of the molecule is CC(C)C(C(=O)O)c1csc(Nc2ncc(Br)cc2Oc2ccccc2)n1. The van der Waals surface area contributed by atoms with Gasteiger partial charge in [-0.25, -0.2) is 9.97 Å². The average molecular weight is 448 g/mol. The lowest BCUT2D eigenvalue weighted by atomic mass is 9.93. The number of hydrogen-bond donors (Lipinski definition) is 2. The highest BCUT2D eigenvalue weighted by atomic mass is 79.9. The van der Waals surface area contributed by atoms with Crippen LogP contribution in [-0.2, 0) is 4.79 Å². The largest absolute Gasteiger partial charge is 0.481 e. The van der Waals surface area contributed by atoms with E-state index >= 15 is 0 Å². The Kier molecular flexibility index (Phi) is 6.08. The van der Waals surface area contributed by atoms with Crippen molar-refractivity contribution in [3.63, 3.8) is 0 Å². The molecule has 1 aromatic carbocycles. The van der Waals surface area contributed by atoms with Crippen molar-refractivity contribution in [1.82, 2.24) is 9.97 Å². The van der Waals surface area contributed by atoms with Crippen molar-refractivity contribution < 1.29 is 14.6 Å². The number of benzene rings is 1. The standard InChI is InChI=1S/C19H18BrN3O3S/c1-11(2)16(18(24)25)14-10-27-19(22-14)23-17-15(8-12(20)9-21-17)26-13-6-4-3-5-7-13/h3-11,16H,1-2H3,(H,24,25)(H,21,22,23). The molecule has 0 saturated carbocycles. The second-order valence-corrected chi connectivity index (χ2v) is 7.95. The van der Waals surface area contributed by atoms with Gasteiger partial charge in [0.05, 0.1) is 5.69 Å². The molecule has 0 aliphatic rings. The molecule has 0 spiro atoms. The van der Waals surface area contributed by atoms with Crippen LogP contribution in [0.15, 0.2) is 52.4 Å². The van der Waals surface area contributed by atoms with Gasteiger partial charge >= 0.3 is 5.97 Å². The first-order valence-corrected chi connectivity index (χ1v) is 9.95. The molecule has 2 heterocycles. The number of halogens is 1. The Morgan fingerprint density at radius 2 is 2.04 bits per heavy atom. The molecule has 6 nitrogen and oxygen atoms in total. The summed E-state index contributed by atoms with van der Waals surface area (Å²) in [6, 6.07) is 11.2. The van der Waals surface area contributed by atoms with Crippen molar-refractivity contribution in [3.8, 4) is 11.5 Å². The van der Waals surface area contributed by atoms with Gasteiger partial charge in [-0.05, 0) is 34.0 Å². The maximum atomic E-state index is 11.5. The fraction of sp³-hybridized carbons (Fsp3) is 0.211. The van der Waals surface area contributed by atoms with Gasteiger partial charge in [0, 0.05) is 22.1 Å². The number of aliphatic carboxylic acids is 1. The fourth-order valence-corrected chi connectivity index (χ4v) is 3.60. The smallest absolute Gasteiger partial charge is 0.312 e. The number of anilines is 2. The van der Waals surface area contributed by atoms with Crippen molar-refractivity contribution in [2.75, 3.05) is 5.32 Å². The van der Waals surface area contributed by atoms with Gasteiger partial charge in [-0.15, -0.1) is 11.3 Å². The van der Waals surface area contributed by atoms with E-state index in [0.717, 1.165) is 4.47 Å². The Morgan fingerprint density at radius 3 is 2.70 bits per heavy atom. The number of pyridine rings is 1. The molecule has 0 radical (unpaired) electrons. The van der Waals surface area contributed by atoms with Crippen molar-refractivity contribution in [2.24, 2.45) is 5.92 Å². The van der Waals surface area contributed by atoms with E-state index in [9.17, 15) is 9.90 Å². The highest BCUT2D eigenvalue weighted by Gasteiger charge is 2.26. The zero-order valence-corrected chi connectivity index (χ0v) is 17.1. The van der Waals surface area contributed by atoms with Crippen LogP contribution in [0, 0.1) is 5.92 Å². The molecule has 8 heteroatoms. The second kappa shape index (κ2) is 8.49. The molecule has 0 fully saturated rings. The maximum Gasteiger partial charge on any atom is 0.312 e. The summed E-state index contributed by atoms with van der Waals surface area (Å²) in [4.78, 5) is 20.3. The summed E-state index contributed by atoms with van der Waals surface area (Å²) in [6.45, 7) is 3.74. The van der Waals surface area contributed by atoms with Gasteiger partial charge in [-0.1, -0.05) is 32.0 Å². The van der Waals surface area contributed by atoms with E-state index in [2.05, 4.69) is 31.2 Å². The number of rotatable bonds is 7. The first-order valence-electron chi connectivity index (χ1n) is 8.27. The van der Waals surface area contributed by atoms with E-state index in [1.54, 1.807) is 11.6 Å². The van der Waals surface area contributed by atoms with Gasteiger partial charge in [0.2, 0.25) is 0 Å². The maximum absolute atomic E-state index is 11.5. The van der Waals surface area contributed by atoms with Crippen LogP contribution < -0.4 is 10.1 Å². The van der Waals surface area contributed by atoms with Crippen molar-refractivity contribution in [2.45, 2.75) is 19.8 Å². The summed E-state index contributed by atoms with van der Waals surface area (Å²) < 4.78 is 6.70. The summed E-state index contributed by atoms with van der Waals surface area (Å²) in [6.07, 6.45) is 1.66. The Bertz CT molecular complexity index is 931. The molecule has 2 aromatic heterocycles. The predicted octanol–water partition coefficient (Wildman–Crippen LogP) is 5.66. The zero-order valence-electron chi connectivity index (χ0n) is 14.7. The molecule has 0 aliphatic carbocycles. The number of para-hydroxylation sites is 1. The number of carboxylic acids is 1. The Hall–Kier alpha value is -2.45. The Balaban J connectivity index is 1.85. The lowest BCUT2D eigenvalue weighted by Gasteiger charge is -2.13. The number of hydrogen-bond acceptors (Lipinski definition) is 6. The zero-order chi connectivity index (χ0) is 19.4. The van der Waals surface area contributed by atoms with Gasteiger partial charge in [-0.3, -0.25) is 4.79 Å². The molecular weight excluding hydrogens is 430 g/mol.